The van der Waals surface area contributed by atoms with Gasteiger partial charge in [-0.05, 0) is 36.2 Å². The van der Waals surface area contributed by atoms with Gasteiger partial charge >= 0.3 is 5.97 Å². The Hall–Kier alpha value is -2.69. The number of carboxylic acid groups (broad SMARTS) is 1. The number of anilines is 1. The van der Waals surface area contributed by atoms with Crippen LogP contribution in [0.4, 0.5) is 5.69 Å². The topological polar surface area (TPSA) is 70.5 Å². The minimum Gasteiger partial charge on any atom is -0.478 e. The van der Waals surface area contributed by atoms with Crippen molar-refractivity contribution in [1.82, 2.24) is 4.98 Å². The summed E-state index contributed by atoms with van der Waals surface area (Å²) in [4.78, 5) is 29.2. The van der Waals surface area contributed by atoms with Gasteiger partial charge in [-0.1, -0.05) is 12.1 Å². The summed E-state index contributed by atoms with van der Waals surface area (Å²) < 4.78 is 0. The Morgan fingerprint density at radius 3 is 2.90 bits per heavy atom. The molecule has 1 amide bonds. The highest BCUT2D eigenvalue weighted by atomic mass is 16.4. The van der Waals surface area contributed by atoms with Crippen molar-refractivity contribution in [2.24, 2.45) is 0 Å². The third-order valence-corrected chi connectivity index (χ3v) is 3.69. The fraction of sp³-hybridized carbons (Fsp3) is 0.188. The lowest BCUT2D eigenvalue weighted by molar-refractivity contribution is -0.117. The number of aryl methyl sites for hydroxylation is 1. The molecule has 0 saturated heterocycles. The number of fused-ring (bicyclic) bond motifs is 1. The van der Waals surface area contributed by atoms with Crippen molar-refractivity contribution in [2.45, 2.75) is 19.9 Å². The number of carboxylic acids is 1. The van der Waals surface area contributed by atoms with Crippen LogP contribution >= 0.6 is 0 Å². The molecule has 0 radical (unpaired) electrons. The lowest BCUT2D eigenvalue weighted by atomic mass is 10.1. The van der Waals surface area contributed by atoms with E-state index in [9.17, 15) is 9.59 Å². The zero-order valence-electron chi connectivity index (χ0n) is 11.5. The van der Waals surface area contributed by atoms with E-state index >= 15 is 0 Å². The first-order chi connectivity index (χ1) is 10.1. The predicted octanol–water partition coefficient (Wildman–Crippen LogP) is 2.18. The summed E-state index contributed by atoms with van der Waals surface area (Å²) in [6.07, 6.45) is 2.00. The molecule has 0 saturated carbocycles. The molecule has 3 rings (SSSR count). The summed E-state index contributed by atoms with van der Waals surface area (Å²) in [6.45, 7) is 2.30. The number of hydrogen-bond donors (Lipinski definition) is 1. The molecule has 0 unspecified atom stereocenters. The molecule has 1 aliphatic heterocycles. The Kier molecular flexibility index (Phi) is 3.17. The van der Waals surface area contributed by atoms with Crippen molar-refractivity contribution in [3.8, 4) is 0 Å². The summed E-state index contributed by atoms with van der Waals surface area (Å²) in [6, 6.07) is 8.59. The van der Waals surface area contributed by atoms with Gasteiger partial charge in [-0.3, -0.25) is 9.78 Å². The molecule has 1 aromatic carbocycles. The number of benzene rings is 1. The second-order valence-electron chi connectivity index (χ2n) is 5.07. The molecule has 106 valence electrons. The fourth-order valence-corrected chi connectivity index (χ4v) is 2.50. The molecule has 1 aliphatic rings. The highest BCUT2D eigenvalue weighted by molar-refractivity contribution is 6.02. The van der Waals surface area contributed by atoms with Crippen molar-refractivity contribution in [1.29, 1.82) is 0 Å². The van der Waals surface area contributed by atoms with Gasteiger partial charge in [0.25, 0.3) is 0 Å². The Labute approximate surface area is 121 Å². The predicted molar refractivity (Wildman–Crippen MR) is 77.3 cm³/mol. The molecule has 21 heavy (non-hydrogen) atoms. The lowest BCUT2D eigenvalue weighted by Crippen LogP contribution is -2.27. The average Bonchev–Trinajstić information content (AvgIpc) is 2.76. The minimum absolute atomic E-state index is 0.0300. The molecule has 5 nitrogen and oxygen atoms in total. The maximum absolute atomic E-state index is 12.2. The van der Waals surface area contributed by atoms with Gasteiger partial charge in [-0.25, -0.2) is 4.79 Å². The minimum atomic E-state index is -0.994. The standard InChI is InChI=1S/C16H14N2O3/c1-10-3-2-6-17-13(10)9-18-14-7-12(16(20)21)5-4-11(14)8-15(18)19/h2-7H,8-9H2,1H3,(H,20,21). The number of amides is 1. The van der Waals surface area contributed by atoms with Gasteiger partial charge in [-0.15, -0.1) is 0 Å². The highest BCUT2D eigenvalue weighted by Gasteiger charge is 2.28. The van der Waals surface area contributed by atoms with Crippen molar-refractivity contribution in [3.05, 3.63) is 58.9 Å². The van der Waals surface area contributed by atoms with Crippen LogP contribution in [0.3, 0.4) is 0 Å². The smallest absolute Gasteiger partial charge is 0.335 e. The van der Waals surface area contributed by atoms with Crippen molar-refractivity contribution in [3.63, 3.8) is 0 Å². The third kappa shape index (κ3) is 2.38. The number of aromatic carboxylic acids is 1. The van der Waals surface area contributed by atoms with Gasteiger partial charge in [0.05, 0.1) is 24.2 Å². The molecule has 5 heteroatoms. The maximum Gasteiger partial charge on any atom is 0.335 e. The number of aromatic nitrogens is 1. The van der Waals surface area contributed by atoms with Gasteiger partial charge in [0.2, 0.25) is 5.91 Å². The van der Waals surface area contributed by atoms with Gasteiger partial charge in [0, 0.05) is 11.9 Å². The molecule has 0 spiro atoms. The zero-order valence-corrected chi connectivity index (χ0v) is 11.5. The number of hydrogen-bond acceptors (Lipinski definition) is 3. The van der Waals surface area contributed by atoms with Gasteiger partial charge in [0.15, 0.2) is 0 Å². The van der Waals surface area contributed by atoms with Crippen LogP contribution < -0.4 is 4.90 Å². The van der Waals surface area contributed by atoms with Crippen molar-refractivity contribution in [2.75, 3.05) is 4.90 Å². The largest absolute Gasteiger partial charge is 0.478 e. The fourth-order valence-electron chi connectivity index (χ4n) is 2.50. The summed E-state index contributed by atoms with van der Waals surface area (Å²) in [5.74, 6) is -1.02. The molecule has 2 aromatic rings. The van der Waals surface area contributed by atoms with Crippen LogP contribution in [0.25, 0.3) is 0 Å². The molecule has 0 aliphatic carbocycles. The Bertz CT molecular complexity index is 740. The molecule has 0 fully saturated rings. The van der Waals surface area contributed by atoms with E-state index in [0.717, 1.165) is 16.8 Å². The first-order valence-corrected chi connectivity index (χ1v) is 6.63. The molecular weight excluding hydrogens is 268 g/mol. The summed E-state index contributed by atoms with van der Waals surface area (Å²) in [7, 11) is 0. The highest BCUT2D eigenvalue weighted by Crippen LogP contribution is 2.31. The van der Waals surface area contributed by atoms with E-state index in [2.05, 4.69) is 4.98 Å². The van der Waals surface area contributed by atoms with Crippen LogP contribution in [-0.2, 0) is 17.8 Å². The molecule has 1 N–H and O–H groups in total. The van der Waals surface area contributed by atoms with Gasteiger partial charge in [-0.2, -0.15) is 0 Å². The van der Waals surface area contributed by atoms with E-state index in [1.807, 2.05) is 19.1 Å². The first kappa shape index (κ1) is 13.3. The molecule has 1 aromatic heterocycles. The number of pyridine rings is 1. The summed E-state index contributed by atoms with van der Waals surface area (Å²) in [5, 5.41) is 9.09. The number of carbonyl (C=O) groups excluding carboxylic acids is 1. The van der Waals surface area contributed by atoms with E-state index in [-0.39, 0.29) is 11.5 Å². The van der Waals surface area contributed by atoms with E-state index in [1.165, 1.54) is 6.07 Å². The van der Waals surface area contributed by atoms with Crippen LogP contribution in [0.2, 0.25) is 0 Å². The molecular formula is C16H14N2O3. The normalized spacial score (nSPS) is 13.4. The second-order valence-corrected chi connectivity index (χ2v) is 5.07. The second kappa shape index (κ2) is 5.01. The van der Waals surface area contributed by atoms with Gasteiger partial charge < -0.3 is 10.0 Å². The van der Waals surface area contributed by atoms with Crippen molar-refractivity contribution >= 4 is 17.6 Å². The lowest BCUT2D eigenvalue weighted by Gasteiger charge is -2.18. The zero-order chi connectivity index (χ0) is 15.0. The summed E-state index contributed by atoms with van der Waals surface area (Å²) in [5.41, 5.74) is 3.54. The van der Waals surface area contributed by atoms with E-state index < -0.39 is 5.97 Å². The molecule has 0 atom stereocenters. The quantitative estimate of drug-likeness (QED) is 0.936. The number of nitrogens with zero attached hydrogens (tertiary/aromatic N) is 2. The van der Waals surface area contributed by atoms with Crippen LogP contribution in [0, 0.1) is 6.92 Å². The third-order valence-electron chi connectivity index (χ3n) is 3.69. The van der Waals surface area contributed by atoms with E-state index in [0.29, 0.717) is 18.7 Å². The summed E-state index contributed by atoms with van der Waals surface area (Å²) >= 11 is 0. The maximum atomic E-state index is 12.2. The van der Waals surface area contributed by atoms with Crippen LogP contribution in [0.5, 0.6) is 0 Å². The van der Waals surface area contributed by atoms with Crippen LogP contribution in [0.15, 0.2) is 36.5 Å². The Morgan fingerprint density at radius 2 is 2.19 bits per heavy atom. The van der Waals surface area contributed by atoms with E-state index in [1.54, 1.807) is 23.2 Å². The van der Waals surface area contributed by atoms with Crippen LogP contribution in [-0.4, -0.2) is 22.0 Å². The van der Waals surface area contributed by atoms with E-state index in [4.69, 9.17) is 5.11 Å². The average molecular weight is 282 g/mol. The number of carbonyl (C=O) groups is 2. The number of rotatable bonds is 3. The Morgan fingerprint density at radius 1 is 1.38 bits per heavy atom. The molecule has 2 heterocycles. The SMILES string of the molecule is Cc1cccnc1CN1C(=O)Cc2ccc(C(=O)O)cc21. The van der Waals surface area contributed by atoms with Crippen LogP contribution in [0.1, 0.15) is 27.2 Å². The first-order valence-electron chi connectivity index (χ1n) is 6.63. The molecule has 0 bridgehead atoms. The Balaban J connectivity index is 1.98. The van der Waals surface area contributed by atoms with Gasteiger partial charge in [0.1, 0.15) is 0 Å². The van der Waals surface area contributed by atoms with Crippen molar-refractivity contribution < 1.29 is 14.7 Å². The monoisotopic (exact) mass is 282 g/mol.